The number of benzene rings is 1. The van der Waals surface area contributed by atoms with Crippen LogP contribution >= 0.6 is 0 Å². The number of aromatic nitrogens is 3. The number of rotatable bonds is 5. The highest BCUT2D eigenvalue weighted by atomic mass is 15.1. The summed E-state index contributed by atoms with van der Waals surface area (Å²) in [6.45, 7) is 5.60. The molecular formula is C25H26N4. The number of aromatic amines is 1. The zero-order chi connectivity index (χ0) is 19.6. The molecule has 1 atom stereocenters. The number of nitrogens with one attached hydrogen (secondary N) is 1. The summed E-state index contributed by atoms with van der Waals surface area (Å²) in [5, 5.41) is 1.11. The van der Waals surface area contributed by atoms with Gasteiger partial charge in [-0.05, 0) is 48.7 Å². The molecule has 0 aliphatic carbocycles. The molecule has 1 aliphatic heterocycles. The van der Waals surface area contributed by atoms with Crippen molar-refractivity contribution in [3.63, 3.8) is 0 Å². The van der Waals surface area contributed by atoms with Gasteiger partial charge in [-0.25, -0.2) is 4.98 Å². The summed E-state index contributed by atoms with van der Waals surface area (Å²) < 4.78 is 0. The number of fused-ring (bicyclic) bond motifs is 1. The Labute approximate surface area is 171 Å². The third-order valence-corrected chi connectivity index (χ3v) is 5.99. The number of hydrogen-bond donors (Lipinski definition) is 1. The van der Waals surface area contributed by atoms with E-state index < -0.39 is 0 Å². The van der Waals surface area contributed by atoms with Gasteiger partial charge in [0.2, 0.25) is 0 Å². The maximum absolute atomic E-state index is 4.94. The minimum Gasteiger partial charge on any atom is -0.339 e. The van der Waals surface area contributed by atoms with Gasteiger partial charge in [0.15, 0.2) is 0 Å². The summed E-state index contributed by atoms with van der Waals surface area (Å²) in [5.74, 6) is 0.845. The zero-order valence-corrected chi connectivity index (χ0v) is 16.8. The van der Waals surface area contributed by atoms with Crippen molar-refractivity contribution in [2.24, 2.45) is 5.92 Å². The molecule has 1 aromatic carbocycles. The quantitative estimate of drug-likeness (QED) is 0.494. The van der Waals surface area contributed by atoms with Gasteiger partial charge in [0.05, 0.1) is 11.4 Å². The Morgan fingerprint density at radius 1 is 1.03 bits per heavy atom. The lowest BCUT2D eigenvalue weighted by atomic mass is 10.1. The van der Waals surface area contributed by atoms with Crippen molar-refractivity contribution in [2.75, 3.05) is 13.1 Å². The summed E-state index contributed by atoms with van der Waals surface area (Å²) in [6.07, 6.45) is 4.51. The summed E-state index contributed by atoms with van der Waals surface area (Å²) in [6, 6.07) is 21.0. The minimum atomic E-state index is 0.845. The fourth-order valence-electron chi connectivity index (χ4n) is 4.28. The van der Waals surface area contributed by atoms with Crippen LogP contribution in [0.3, 0.4) is 0 Å². The second kappa shape index (κ2) is 7.80. The third kappa shape index (κ3) is 3.81. The fraction of sp³-hybridized carbons (Fsp3) is 0.280. The van der Waals surface area contributed by atoms with E-state index in [1.807, 2.05) is 12.3 Å². The summed E-state index contributed by atoms with van der Waals surface area (Å²) >= 11 is 0. The third-order valence-electron chi connectivity index (χ3n) is 5.99. The highest BCUT2D eigenvalue weighted by Crippen LogP contribution is 2.27. The second-order valence-electron chi connectivity index (χ2n) is 8.02. The maximum Gasteiger partial charge on any atom is 0.137 e. The van der Waals surface area contributed by atoms with Crippen LogP contribution in [-0.4, -0.2) is 32.9 Å². The van der Waals surface area contributed by atoms with Crippen LogP contribution in [0.15, 0.2) is 66.9 Å². The molecule has 146 valence electrons. The van der Waals surface area contributed by atoms with E-state index in [0.717, 1.165) is 46.1 Å². The number of hydrogen-bond acceptors (Lipinski definition) is 3. The Bertz CT molecular complexity index is 1120. The van der Waals surface area contributed by atoms with E-state index in [1.165, 1.54) is 31.5 Å². The number of pyridine rings is 2. The van der Waals surface area contributed by atoms with E-state index in [1.54, 1.807) is 0 Å². The van der Waals surface area contributed by atoms with Crippen LogP contribution in [0.4, 0.5) is 0 Å². The molecule has 0 saturated carbocycles. The van der Waals surface area contributed by atoms with Crippen LogP contribution in [0.1, 0.15) is 25.5 Å². The summed E-state index contributed by atoms with van der Waals surface area (Å²) in [7, 11) is 0. The first-order valence-electron chi connectivity index (χ1n) is 10.5. The predicted octanol–water partition coefficient (Wildman–Crippen LogP) is 5.52. The monoisotopic (exact) mass is 382 g/mol. The molecule has 4 heteroatoms. The Morgan fingerprint density at radius 3 is 2.76 bits per heavy atom. The molecule has 1 aliphatic rings. The van der Waals surface area contributed by atoms with Crippen molar-refractivity contribution < 1.29 is 0 Å². The van der Waals surface area contributed by atoms with Crippen LogP contribution in [0.2, 0.25) is 0 Å². The molecule has 4 aromatic rings. The molecule has 0 bridgehead atoms. The molecule has 4 heterocycles. The van der Waals surface area contributed by atoms with Crippen molar-refractivity contribution in [3.05, 3.63) is 72.6 Å². The van der Waals surface area contributed by atoms with Crippen molar-refractivity contribution in [2.45, 2.75) is 26.3 Å². The van der Waals surface area contributed by atoms with Gasteiger partial charge < -0.3 is 4.98 Å². The van der Waals surface area contributed by atoms with Crippen LogP contribution in [0.25, 0.3) is 33.5 Å². The molecule has 3 aromatic heterocycles. The van der Waals surface area contributed by atoms with Crippen LogP contribution in [-0.2, 0) is 6.54 Å². The van der Waals surface area contributed by atoms with Crippen molar-refractivity contribution in [1.29, 1.82) is 0 Å². The highest BCUT2D eigenvalue weighted by Gasteiger charge is 2.21. The van der Waals surface area contributed by atoms with Gasteiger partial charge in [0.1, 0.15) is 5.65 Å². The molecule has 0 spiro atoms. The van der Waals surface area contributed by atoms with Gasteiger partial charge in [-0.1, -0.05) is 49.7 Å². The smallest absolute Gasteiger partial charge is 0.137 e. The molecule has 1 saturated heterocycles. The zero-order valence-electron chi connectivity index (χ0n) is 16.8. The maximum atomic E-state index is 4.94. The summed E-state index contributed by atoms with van der Waals surface area (Å²) in [5.41, 5.74) is 6.36. The van der Waals surface area contributed by atoms with Crippen LogP contribution < -0.4 is 0 Å². The first kappa shape index (κ1) is 18.1. The Morgan fingerprint density at radius 2 is 1.93 bits per heavy atom. The average molecular weight is 383 g/mol. The number of H-pyrrole nitrogens is 1. The fourth-order valence-corrected chi connectivity index (χ4v) is 4.28. The molecule has 0 amide bonds. The first-order valence-corrected chi connectivity index (χ1v) is 10.5. The average Bonchev–Trinajstić information content (AvgIpc) is 3.40. The molecule has 5 rings (SSSR count). The molecule has 1 fully saturated rings. The van der Waals surface area contributed by atoms with E-state index >= 15 is 0 Å². The SMILES string of the molecule is CCC1CCN(Cc2cccc(-c3cnc4[nH]c(-c5ccccc5)cc4c3)n2)C1. The largest absolute Gasteiger partial charge is 0.339 e. The molecular weight excluding hydrogens is 356 g/mol. The molecule has 29 heavy (non-hydrogen) atoms. The Hall–Kier alpha value is -2.98. The Balaban J connectivity index is 1.40. The topological polar surface area (TPSA) is 44.8 Å². The lowest BCUT2D eigenvalue weighted by Gasteiger charge is -2.15. The highest BCUT2D eigenvalue weighted by molar-refractivity contribution is 5.86. The van der Waals surface area contributed by atoms with Gasteiger partial charge >= 0.3 is 0 Å². The van der Waals surface area contributed by atoms with E-state index in [9.17, 15) is 0 Å². The lowest BCUT2D eigenvalue weighted by molar-refractivity contribution is 0.311. The van der Waals surface area contributed by atoms with Crippen LogP contribution in [0.5, 0.6) is 0 Å². The van der Waals surface area contributed by atoms with Crippen molar-refractivity contribution >= 4 is 11.0 Å². The van der Waals surface area contributed by atoms with Crippen molar-refractivity contribution in [1.82, 2.24) is 19.9 Å². The van der Waals surface area contributed by atoms with Gasteiger partial charge in [0.25, 0.3) is 0 Å². The van der Waals surface area contributed by atoms with E-state index in [2.05, 4.69) is 76.4 Å². The van der Waals surface area contributed by atoms with Crippen LogP contribution in [0, 0.1) is 5.92 Å². The Kier molecular flexibility index (Phi) is 4.86. The van der Waals surface area contributed by atoms with E-state index in [0.29, 0.717) is 0 Å². The normalized spacial score (nSPS) is 17.2. The second-order valence-corrected chi connectivity index (χ2v) is 8.02. The molecule has 4 nitrogen and oxygen atoms in total. The first-order chi connectivity index (χ1) is 14.3. The lowest BCUT2D eigenvalue weighted by Crippen LogP contribution is -2.20. The summed E-state index contributed by atoms with van der Waals surface area (Å²) in [4.78, 5) is 15.5. The van der Waals surface area contributed by atoms with Gasteiger partial charge in [-0.2, -0.15) is 0 Å². The standard InChI is InChI=1S/C25H26N4/c1-2-18-11-12-29(16-18)17-22-9-6-10-23(27-22)21-13-20-14-24(28-25(20)26-15-21)19-7-4-3-5-8-19/h3-10,13-15,18H,2,11-12,16-17H2,1H3,(H,26,28). The molecule has 0 radical (unpaired) electrons. The van der Waals surface area contributed by atoms with Gasteiger partial charge in [-0.15, -0.1) is 0 Å². The van der Waals surface area contributed by atoms with E-state index in [4.69, 9.17) is 4.98 Å². The minimum absolute atomic E-state index is 0.845. The number of likely N-dealkylation sites (tertiary alicyclic amines) is 1. The van der Waals surface area contributed by atoms with Gasteiger partial charge in [-0.3, -0.25) is 9.88 Å². The predicted molar refractivity (Wildman–Crippen MR) is 118 cm³/mol. The molecule has 1 unspecified atom stereocenters. The molecule has 1 N–H and O–H groups in total. The van der Waals surface area contributed by atoms with E-state index in [-0.39, 0.29) is 0 Å². The van der Waals surface area contributed by atoms with Crippen molar-refractivity contribution in [3.8, 4) is 22.5 Å². The van der Waals surface area contributed by atoms with Gasteiger partial charge in [0, 0.05) is 35.9 Å². The number of nitrogens with zero attached hydrogens (tertiary/aromatic N) is 3.